The van der Waals surface area contributed by atoms with E-state index in [4.69, 9.17) is 0 Å². The molecule has 1 atom stereocenters. The number of carboxylic acid groups (broad SMARTS) is 1. The van der Waals surface area contributed by atoms with Gasteiger partial charge in [0.05, 0.1) is 11.8 Å². The van der Waals surface area contributed by atoms with E-state index in [1.807, 2.05) is 13.8 Å². The molecule has 0 aromatic carbocycles. The first-order valence-corrected chi connectivity index (χ1v) is 5.81. The quantitative estimate of drug-likeness (QED) is 0.849. The lowest BCUT2D eigenvalue weighted by atomic mass is 10.0. The number of hydrogen-bond acceptors (Lipinski definition) is 3. The lowest BCUT2D eigenvalue weighted by Gasteiger charge is -2.25. The molecule has 0 bridgehead atoms. The summed E-state index contributed by atoms with van der Waals surface area (Å²) in [6.45, 7) is 3.86. The molecular weight excluding hydrogens is 234 g/mol. The fraction of sp³-hybridized carbons (Fsp3) is 0.583. The van der Waals surface area contributed by atoms with Gasteiger partial charge in [-0.15, -0.1) is 0 Å². The van der Waals surface area contributed by atoms with Gasteiger partial charge in [0.1, 0.15) is 6.04 Å². The van der Waals surface area contributed by atoms with Crippen molar-refractivity contribution in [2.45, 2.75) is 26.3 Å². The molecule has 1 unspecified atom stereocenters. The second-order valence-electron chi connectivity index (χ2n) is 4.80. The van der Waals surface area contributed by atoms with Gasteiger partial charge >= 0.3 is 5.97 Å². The summed E-state index contributed by atoms with van der Waals surface area (Å²) in [6, 6.07) is -0.808. The number of aromatic nitrogens is 2. The lowest BCUT2D eigenvalue weighted by Crippen LogP contribution is -2.43. The van der Waals surface area contributed by atoms with Crippen molar-refractivity contribution in [2.24, 2.45) is 13.0 Å². The van der Waals surface area contributed by atoms with E-state index >= 15 is 0 Å². The Hall–Kier alpha value is -1.85. The first kappa shape index (κ1) is 14.2. The summed E-state index contributed by atoms with van der Waals surface area (Å²) in [4.78, 5) is 24.6. The van der Waals surface area contributed by atoms with Crippen molar-refractivity contribution in [1.29, 1.82) is 0 Å². The fourth-order valence-electron chi connectivity index (χ4n) is 1.75. The standard InChI is InChI=1S/C12H19N3O3/c1-8(2)5-10(12(17)18)15(4)11(16)9-6-13-14(3)7-9/h6-8,10H,5H2,1-4H3,(H,17,18). The van der Waals surface area contributed by atoms with Crippen molar-refractivity contribution < 1.29 is 14.7 Å². The van der Waals surface area contributed by atoms with Crippen LogP contribution in [0, 0.1) is 5.92 Å². The van der Waals surface area contributed by atoms with Gasteiger partial charge in [0.2, 0.25) is 0 Å². The van der Waals surface area contributed by atoms with Crippen molar-refractivity contribution >= 4 is 11.9 Å². The molecule has 100 valence electrons. The molecule has 0 saturated heterocycles. The summed E-state index contributed by atoms with van der Waals surface area (Å²) in [5.74, 6) is -1.10. The Morgan fingerprint density at radius 2 is 2.11 bits per heavy atom. The third kappa shape index (κ3) is 3.32. The monoisotopic (exact) mass is 253 g/mol. The smallest absolute Gasteiger partial charge is 0.326 e. The van der Waals surface area contributed by atoms with Gasteiger partial charge in [-0.1, -0.05) is 13.8 Å². The highest BCUT2D eigenvalue weighted by Gasteiger charge is 2.28. The van der Waals surface area contributed by atoms with Crippen LogP contribution >= 0.6 is 0 Å². The molecule has 0 spiro atoms. The number of carboxylic acids is 1. The minimum atomic E-state index is -0.983. The van der Waals surface area contributed by atoms with Crippen LogP contribution in [0.15, 0.2) is 12.4 Å². The van der Waals surface area contributed by atoms with Crippen LogP contribution in [0.1, 0.15) is 30.6 Å². The number of rotatable bonds is 5. The van der Waals surface area contributed by atoms with Gasteiger partial charge in [-0.2, -0.15) is 5.10 Å². The minimum absolute atomic E-state index is 0.204. The highest BCUT2D eigenvalue weighted by atomic mass is 16.4. The summed E-state index contributed by atoms with van der Waals surface area (Å²) in [5.41, 5.74) is 0.398. The molecule has 0 aliphatic carbocycles. The number of aliphatic carboxylic acids is 1. The zero-order valence-corrected chi connectivity index (χ0v) is 11.1. The van der Waals surface area contributed by atoms with Crippen LogP contribution in [-0.4, -0.2) is 44.8 Å². The molecule has 0 aliphatic heterocycles. The summed E-state index contributed by atoms with van der Waals surface area (Å²) in [7, 11) is 3.22. The van der Waals surface area contributed by atoms with E-state index in [0.717, 1.165) is 0 Å². The highest BCUT2D eigenvalue weighted by molar-refractivity contribution is 5.96. The molecule has 18 heavy (non-hydrogen) atoms. The van der Waals surface area contributed by atoms with Crippen LogP contribution in [0.25, 0.3) is 0 Å². The van der Waals surface area contributed by atoms with Crippen LogP contribution in [0.2, 0.25) is 0 Å². The third-order valence-electron chi connectivity index (χ3n) is 2.72. The van der Waals surface area contributed by atoms with Crippen molar-refractivity contribution in [3.05, 3.63) is 18.0 Å². The van der Waals surface area contributed by atoms with E-state index in [9.17, 15) is 14.7 Å². The Morgan fingerprint density at radius 1 is 1.50 bits per heavy atom. The molecule has 0 saturated carbocycles. The maximum atomic E-state index is 12.1. The molecule has 6 nitrogen and oxygen atoms in total. The largest absolute Gasteiger partial charge is 0.480 e. The summed E-state index contributed by atoms with van der Waals surface area (Å²) < 4.78 is 1.51. The average molecular weight is 253 g/mol. The van der Waals surface area contributed by atoms with Crippen molar-refractivity contribution in [1.82, 2.24) is 14.7 Å². The predicted octanol–water partition coefficient (Wildman–Crippen LogP) is 0.991. The van der Waals surface area contributed by atoms with Gasteiger partial charge in [0.25, 0.3) is 5.91 Å². The lowest BCUT2D eigenvalue weighted by molar-refractivity contribution is -0.142. The predicted molar refractivity (Wildman–Crippen MR) is 66.2 cm³/mol. The Bertz CT molecular complexity index is 440. The second-order valence-corrected chi connectivity index (χ2v) is 4.80. The molecule has 1 rings (SSSR count). The molecule has 1 amide bonds. The van der Waals surface area contributed by atoms with E-state index in [0.29, 0.717) is 12.0 Å². The fourth-order valence-corrected chi connectivity index (χ4v) is 1.75. The number of carbonyl (C=O) groups excluding carboxylic acids is 1. The topological polar surface area (TPSA) is 75.4 Å². The molecule has 0 fully saturated rings. The second kappa shape index (κ2) is 5.66. The molecule has 1 heterocycles. The van der Waals surface area contributed by atoms with E-state index in [2.05, 4.69) is 5.10 Å². The van der Waals surface area contributed by atoms with Gasteiger partial charge in [-0.25, -0.2) is 4.79 Å². The Balaban J connectivity index is 2.86. The van der Waals surface area contributed by atoms with Crippen LogP contribution in [0.4, 0.5) is 0 Å². The van der Waals surface area contributed by atoms with Gasteiger partial charge < -0.3 is 10.0 Å². The normalized spacial score (nSPS) is 12.5. The van der Waals surface area contributed by atoms with Gasteiger partial charge in [-0.3, -0.25) is 9.48 Å². The molecular formula is C12H19N3O3. The molecule has 1 aromatic heterocycles. The molecule has 0 radical (unpaired) electrons. The summed E-state index contributed by atoms with van der Waals surface area (Å²) in [6.07, 6.45) is 3.44. The van der Waals surface area contributed by atoms with Crippen LogP contribution in [-0.2, 0) is 11.8 Å². The first-order valence-electron chi connectivity index (χ1n) is 5.81. The van der Waals surface area contributed by atoms with Crippen LogP contribution in [0.3, 0.4) is 0 Å². The maximum Gasteiger partial charge on any atom is 0.326 e. The molecule has 1 N–H and O–H groups in total. The van der Waals surface area contributed by atoms with Crippen molar-refractivity contribution in [3.8, 4) is 0 Å². The number of carbonyl (C=O) groups is 2. The Labute approximate surface area is 106 Å². The number of aryl methyl sites for hydroxylation is 1. The zero-order valence-electron chi connectivity index (χ0n) is 11.1. The average Bonchev–Trinajstić information content (AvgIpc) is 2.70. The third-order valence-corrected chi connectivity index (χ3v) is 2.72. The number of hydrogen-bond donors (Lipinski definition) is 1. The number of nitrogens with zero attached hydrogens (tertiary/aromatic N) is 3. The summed E-state index contributed by atoms with van der Waals surface area (Å²) >= 11 is 0. The van der Waals surface area contributed by atoms with Crippen LogP contribution < -0.4 is 0 Å². The van der Waals surface area contributed by atoms with E-state index in [1.54, 1.807) is 13.2 Å². The number of likely N-dealkylation sites (N-methyl/N-ethyl adjacent to an activating group) is 1. The van der Waals surface area contributed by atoms with E-state index in [-0.39, 0.29) is 11.8 Å². The molecule has 6 heteroatoms. The van der Waals surface area contributed by atoms with Gasteiger partial charge in [-0.05, 0) is 12.3 Å². The van der Waals surface area contributed by atoms with Crippen molar-refractivity contribution in [2.75, 3.05) is 7.05 Å². The Morgan fingerprint density at radius 3 is 2.50 bits per heavy atom. The highest BCUT2D eigenvalue weighted by Crippen LogP contribution is 2.13. The minimum Gasteiger partial charge on any atom is -0.480 e. The first-order chi connectivity index (χ1) is 8.32. The van der Waals surface area contributed by atoms with Crippen molar-refractivity contribution in [3.63, 3.8) is 0 Å². The van der Waals surface area contributed by atoms with Gasteiger partial charge in [0.15, 0.2) is 0 Å². The van der Waals surface area contributed by atoms with E-state index in [1.165, 1.54) is 22.8 Å². The molecule has 0 aliphatic rings. The Kier molecular flexibility index (Phi) is 4.47. The number of amides is 1. The maximum absolute atomic E-state index is 12.1. The van der Waals surface area contributed by atoms with Crippen LogP contribution in [0.5, 0.6) is 0 Å². The SMILES string of the molecule is CC(C)CC(C(=O)O)N(C)C(=O)c1cnn(C)c1. The van der Waals surface area contributed by atoms with Gasteiger partial charge in [0, 0.05) is 20.3 Å². The zero-order chi connectivity index (χ0) is 13.9. The summed E-state index contributed by atoms with van der Waals surface area (Å²) in [5, 5.41) is 13.1. The molecule has 1 aromatic rings. The van der Waals surface area contributed by atoms with E-state index < -0.39 is 12.0 Å².